The van der Waals surface area contributed by atoms with Crippen molar-refractivity contribution in [3.63, 3.8) is 0 Å². The van der Waals surface area contributed by atoms with Crippen LogP contribution in [0.5, 0.6) is 0 Å². The summed E-state index contributed by atoms with van der Waals surface area (Å²) in [4.78, 5) is 12.3. The van der Waals surface area contributed by atoms with Crippen molar-refractivity contribution in [2.45, 2.75) is 155 Å². The lowest BCUT2D eigenvalue weighted by Gasteiger charge is -2.43. The molecule has 3 heteroatoms. The van der Waals surface area contributed by atoms with E-state index in [4.69, 9.17) is 4.74 Å². The molecular weight excluding hydrogens is 456 g/mol. The van der Waals surface area contributed by atoms with Gasteiger partial charge in [0.05, 0.1) is 12.0 Å². The van der Waals surface area contributed by atoms with Crippen LogP contribution in [0.25, 0.3) is 0 Å². The topological polar surface area (TPSA) is 46.5 Å². The van der Waals surface area contributed by atoms with Crippen LogP contribution >= 0.6 is 0 Å². The quantitative estimate of drug-likeness (QED) is 0.233. The first-order chi connectivity index (χ1) is 17.9. The maximum atomic E-state index is 12.3. The summed E-state index contributed by atoms with van der Waals surface area (Å²) >= 11 is 0. The number of unbranched alkanes of at least 4 members (excludes halogenated alkanes) is 2. The van der Waals surface area contributed by atoms with E-state index >= 15 is 0 Å². The zero-order chi connectivity index (χ0) is 26.3. The van der Waals surface area contributed by atoms with Crippen LogP contribution in [0, 0.1) is 46.8 Å². The van der Waals surface area contributed by atoms with Crippen molar-refractivity contribution in [3.8, 4) is 0 Å². The summed E-state index contributed by atoms with van der Waals surface area (Å²) in [7, 11) is 0. The first kappa shape index (κ1) is 29.4. The highest BCUT2D eigenvalue weighted by molar-refractivity contribution is 5.76. The highest BCUT2D eigenvalue weighted by Gasteiger charge is 2.38. The predicted molar refractivity (Wildman–Crippen MR) is 153 cm³/mol. The van der Waals surface area contributed by atoms with Gasteiger partial charge in [-0.25, -0.2) is 0 Å². The molecule has 0 heterocycles. The number of aliphatic hydroxyl groups is 1. The summed E-state index contributed by atoms with van der Waals surface area (Å²) in [5, 5.41) is 9.43. The lowest BCUT2D eigenvalue weighted by molar-refractivity contribution is -0.164. The van der Waals surface area contributed by atoms with E-state index in [0.29, 0.717) is 0 Å². The molecule has 4 aliphatic carbocycles. The molecule has 4 aliphatic rings. The van der Waals surface area contributed by atoms with Crippen LogP contribution in [-0.2, 0) is 9.53 Å². The second-order valence-electron chi connectivity index (χ2n) is 14.6. The smallest absolute Gasteiger partial charge is 0.314 e. The van der Waals surface area contributed by atoms with Gasteiger partial charge in [0.2, 0.25) is 0 Å². The van der Waals surface area contributed by atoms with Crippen molar-refractivity contribution < 1.29 is 14.6 Å². The molecule has 4 saturated carbocycles. The van der Waals surface area contributed by atoms with Crippen molar-refractivity contribution in [3.05, 3.63) is 0 Å². The largest absolute Gasteiger partial charge is 0.462 e. The molecule has 0 unspecified atom stereocenters. The lowest BCUT2D eigenvalue weighted by Crippen LogP contribution is -2.36. The Bertz CT molecular complexity index is 655. The maximum Gasteiger partial charge on any atom is 0.314 e. The lowest BCUT2D eigenvalue weighted by atomic mass is 9.63. The molecule has 0 saturated heterocycles. The molecule has 1 N–H and O–H groups in total. The number of hydrogen-bond donors (Lipinski definition) is 1. The second kappa shape index (κ2) is 14.2. The summed E-state index contributed by atoms with van der Waals surface area (Å²) in [5.41, 5.74) is -0.776. The molecule has 0 radical (unpaired) electrons. The van der Waals surface area contributed by atoms with E-state index in [1.54, 1.807) is 13.8 Å². The van der Waals surface area contributed by atoms with Gasteiger partial charge in [0, 0.05) is 0 Å². The van der Waals surface area contributed by atoms with E-state index in [-0.39, 0.29) is 18.7 Å². The van der Waals surface area contributed by atoms with Crippen LogP contribution in [-0.4, -0.2) is 23.8 Å². The number of esters is 1. The van der Waals surface area contributed by atoms with E-state index in [1.165, 1.54) is 116 Å². The molecular formula is C34H60O3. The molecule has 0 aromatic heterocycles. The van der Waals surface area contributed by atoms with Crippen LogP contribution in [0.3, 0.4) is 0 Å². The Morgan fingerprint density at radius 1 is 0.649 bits per heavy atom. The van der Waals surface area contributed by atoms with Gasteiger partial charge in [-0.05, 0) is 145 Å². The molecule has 0 aromatic rings. The zero-order valence-corrected chi connectivity index (χ0v) is 24.7. The third-order valence-electron chi connectivity index (χ3n) is 11.7. The fraction of sp³-hybridized carbons (Fsp3) is 0.971. The van der Waals surface area contributed by atoms with Gasteiger partial charge in [0.1, 0.15) is 6.10 Å². The molecule has 37 heavy (non-hydrogen) atoms. The third kappa shape index (κ3) is 8.21. The summed E-state index contributed by atoms with van der Waals surface area (Å²) in [5.74, 6) is 6.71. The van der Waals surface area contributed by atoms with Crippen molar-refractivity contribution in [1.82, 2.24) is 0 Å². The third-order valence-corrected chi connectivity index (χ3v) is 11.7. The van der Waals surface area contributed by atoms with Crippen LogP contribution in [0.2, 0.25) is 0 Å². The minimum absolute atomic E-state index is 0.0669. The highest BCUT2D eigenvalue weighted by atomic mass is 16.5. The Morgan fingerprint density at radius 2 is 1.03 bits per heavy atom. The number of rotatable bonds is 10. The van der Waals surface area contributed by atoms with E-state index in [0.717, 1.165) is 54.3 Å². The standard InChI is InChI=1S/C34H60O3/c1-4-5-6-7-25-8-10-26(11-9-25)27-12-14-28(15-13-27)29-16-18-30(19-17-29)31-20-22-32(23-21-31)37-33(36)34(2,3)24-35/h25-32,35H,4-24H2,1-3H3. The van der Waals surface area contributed by atoms with Gasteiger partial charge in [-0.2, -0.15) is 0 Å². The molecule has 0 amide bonds. The summed E-state index contributed by atoms with van der Waals surface area (Å²) in [6.07, 6.45) is 28.4. The van der Waals surface area contributed by atoms with E-state index < -0.39 is 5.41 Å². The van der Waals surface area contributed by atoms with Gasteiger partial charge in [0.25, 0.3) is 0 Å². The number of ether oxygens (including phenoxy) is 1. The second-order valence-corrected chi connectivity index (χ2v) is 14.6. The highest BCUT2D eigenvalue weighted by Crippen LogP contribution is 2.48. The Morgan fingerprint density at radius 3 is 1.41 bits per heavy atom. The Labute approximate surface area is 229 Å². The fourth-order valence-corrected chi connectivity index (χ4v) is 8.86. The molecule has 4 rings (SSSR count). The Balaban J connectivity index is 1.10. The van der Waals surface area contributed by atoms with Gasteiger partial charge in [0.15, 0.2) is 0 Å². The van der Waals surface area contributed by atoms with E-state index in [1.807, 2.05) is 0 Å². The van der Waals surface area contributed by atoms with E-state index in [2.05, 4.69) is 6.92 Å². The van der Waals surface area contributed by atoms with Crippen LogP contribution in [0.15, 0.2) is 0 Å². The van der Waals surface area contributed by atoms with Crippen molar-refractivity contribution in [1.29, 1.82) is 0 Å². The first-order valence-electron chi connectivity index (χ1n) is 16.7. The van der Waals surface area contributed by atoms with Crippen molar-refractivity contribution in [2.24, 2.45) is 46.8 Å². The number of carbonyl (C=O) groups excluding carboxylic acids is 1. The minimum atomic E-state index is -0.776. The summed E-state index contributed by atoms with van der Waals surface area (Å²) < 4.78 is 5.76. The van der Waals surface area contributed by atoms with Gasteiger partial charge in [-0.15, -0.1) is 0 Å². The SMILES string of the molecule is CCCCCC1CCC(C2CCC(C3CCC(C4CCC(OC(=O)C(C)(C)CO)CC4)CC3)CC2)CC1. The van der Waals surface area contributed by atoms with E-state index in [9.17, 15) is 9.90 Å². The van der Waals surface area contributed by atoms with Gasteiger partial charge < -0.3 is 9.84 Å². The minimum Gasteiger partial charge on any atom is -0.462 e. The Kier molecular flexibility index (Phi) is 11.3. The fourth-order valence-electron chi connectivity index (χ4n) is 8.86. The van der Waals surface area contributed by atoms with Crippen molar-refractivity contribution in [2.75, 3.05) is 6.61 Å². The van der Waals surface area contributed by atoms with Crippen LogP contribution < -0.4 is 0 Å². The molecule has 3 nitrogen and oxygen atoms in total. The molecule has 214 valence electrons. The number of hydrogen-bond acceptors (Lipinski definition) is 3. The first-order valence-corrected chi connectivity index (χ1v) is 16.7. The van der Waals surface area contributed by atoms with Gasteiger partial charge in [-0.3, -0.25) is 4.79 Å². The maximum absolute atomic E-state index is 12.3. The van der Waals surface area contributed by atoms with Crippen LogP contribution in [0.1, 0.15) is 149 Å². The molecule has 0 bridgehead atoms. The van der Waals surface area contributed by atoms with Crippen LogP contribution in [0.4, 0.5) is 0 Å². The molecule has 4 fully saturated rings. The van der Waals surface area contributed by atoms with Gasteiger partial charge in [-0.1, -0.05) is 45.4 Å². The zero-order valence-electron chi connectivity index (χ0n) is 24.7. The molecule has 0 atom stereocenters. The average molecular weight is 517 g/mol. The molecule has 0 aliphatic heterocycles. The molecule has 0 aromatic carbocycles. The van der Waals surface area contributed by atoms with Crippen molar-refractivity contribution >= 4 is 5.97 Å². The van der Waals surface area contributed by atoms with Gasteiger partial charge >= 0.3 is 5.97 Å². The number of carbonyl (C=O) groups is 1. The monoisotopic (exact) mass is 516 g/mol. The average Bonchev–Trinajstić information content (AvgIpc) is 2.94. The summed E-state index contributed by atoms with van der Waals surface area (Å²) in [6, 6.07) is 0. The normalized spacial score (nSPS) is 37.7. The Hall–Kier alpha value is -0.570. The summed E-state index contributed by atoms with van der Waals surface area (Å²) in [6.45, 7) is 5.72. The number of aliphatic hydroxyl groups excluding tert-OH is 1. The molecule has 0 spiro atoms. The predicted octanol–water partition coefficient (Wildman–Crippen LogP) is 9.11.